The van der Waals surface area contributed by atoms with Gasteiger partial charge in [-0.2, -0.15) is 0 Å². The van der Waals surface area contributed by atoms with E-state index >= 15 is 0 Å². The van der Waals surface area contributed by atoms with Crippen LogP contribution in [0.25, 0.3) is 0 Å². The minimum Gasteiger partial charge on any atom is -0.322 e. The van der Waals surface area contributed by atoms with Gasteiger partial charge in [0, 0.05) is 11.6 Å². The summed E-state index contributed by atoms with van der Waals surface area (Å²) < 4.78 is 0. The van der Waals surface area contributed by atoms with Crippen molar-refractivity contribution in [2.24, 2.45) is 5.73 Å². The van der Waals surface area contributed by atoms with E-state index in [0.29, 0.717) is 0 Å². The summed E-state index contributed by atoms with van der Waals surface area (Å²) in [6.07, 6.45) is 3.73. The smallest absolute Gasteiger partial charge is 0.0482 e. The highest BCUT2D eigenvalue weighted by atomic mass is 15.2. The third-order valence-corrected chi connectivity index (χ3v) is 5.43. The molecule has 0 radical (unpaired) electrons. The molecule has 0 bridgehead atoms. The Labute approximate surface area is 124 Å². The Morgan fingerprint density at radius 2 is 1.65 bits per heavy atom. The molecule has 1 aromatic rings. The highest BCUT2D eigenvalue weighted by molar-refractivity contribution is 5.39. The van der Waals surface area contributed by atoms with Gasteiger partial charge in [-0.25, -0.2) is 0 Å². The Kier molecular flexibility index (Phi) is 4.55. The molecule has 2 nitrogen and oxygen atoms in total. The molecule has 2 unspecified atom stereocenters. The van der Waals surface area contributed by atoms with Gasteiger partial charge in [-0.05, 0) is 82.3 Å². The number of nitrogens with two attached hydrogens (primary N) is 1. The summed E-state index contributed by atoms with van der Waals surface area (Å²) in [6.45, 7) is 13.6. The molecule has 20 heavy (non-hydrogen) atoms. The van der Waals surface area contributed by atoms with Gasteiger partial charge in [0.2, 0.25) is 0 Å². The second-order valence-corrected chi connectivity index (χ2v) is 6.68. The highest BCUT2D eigenvalue weighted by Gasteiger charge is 2.38. The minimum atomic E-state index is 0.0724. The van der Waals surface area contributed by atoms with E-state index in [1.807, 2.05) is 0 Å². The zero-order chi connectivity index (χ0) is 14.9. The number of hydrogen-bond acceptors (Lipinski definition) is 2. The van der Waals surface area contributed by atoms with Crippen LogP contribution >= 0.6 is 0 Å². The van der Waals surface area contributed by atoms with Gasteiger partial charge in [0.25, 0.3) is 0 Å². The second-order valence-electron chi connectivity index (χ2n) is 6.68. The maximum absolute atomic E-state index is 6.74. The Balaban J connectivity index is 2.37. The molecule has 1 aliphatic heterocycles. The summed E-state index contributed by atoms with van der Waals surface area (Å²) in [5.41, 5.74) is 12.2. The van der Waals surface area contributed by atoms with Crippen molar-refractivity contribution < 1.29 is 0 Å². The highest BCUT2D eigenvalue weighted by Crippen LogP contribution is 2.36. The molecule has 0 amide bonds. The van der Waals surface area contributed by atoms with Crippen molar-refractivity contribution in [1.29, 1.82) is 0 Å². The SMILES string of the molecule is CCC(C)(C(N)c1cc(C)c(C)cc1C)N1CCCC1. The van der Waals surface area contributed by atoms with Crippen LogP contribution in [0.5, 0.6) is 0 Å². The van der Waals surface area contributed by atoms with Crippen molar-refractivity contribution in [3.05, 3.63) is 34.4 Å². The van der Waals surface area contributed by atoms with Crippen LogP contribution < -0.4 is 5.73 Å². The van der Waals surface area contributed by atoms with Crippen LogP contribution in [0.2, 0.25) is 0 Å². The largest absolute Gasteiger partial charge is 0.322 e. The van der Waals surface area contributed by atoms with Crippen molar-refractivity contribution in [3.8, 4) is 0 Å². The molecule has 1 aromatic carbocycles. The number of likely N-dealkylation sites (tertiary alicyclic amines) is 1. The van der Waals surface area contributed by atoms with Crippen LogP contribution in [0.3, 0.4) is 0 Å². The zero-order valence-electron chi connectivity index (χ0n) is 13.8. The maximum atomic E-state index is 6.74. The van der Waals surface area contributed by atoms with E-state index in [1.54, 1.807) is 0 Å². The van der Waals surface area contributed by atoms with Gasteiger partial charge in [0.1, 0.15) is 0 Å². The van der Waals surface area contributed by atoms with Crippen LogP contribution in [0, 0.1) is 20.8 Å². The molecular formula is C18H30N2. The lowest BCUT2D eigenvalue weighted by Gasteiger charge is -2.43. The molecule has 2 heteroatoms. The van der Waals surface area contributed by atoms with Crippen molar-refractivity contribution in [2.45, 2.75) is 65.5 Å². The molecule has 2 rings (SSSR count). The van der Waals surface area contributed by atoms with Crippen molar-refractivity contribution in [1.82, 2.24) is 4.90 Å². The Morgan fingerprint density at radius 3 is 2.20 bits per heavy atom. The maximum Gasteiger partial charge on any atom is 0.0482 e. The van der Waals surface area contributed by atoms with Gasteiger partial charge in [-0.3, -0.25) is 4.90 Å². The average molecular weight is 274 g/mol. The van der Waals surface area contributed by atoms with Gasteiger partial charge in [-0.15, -0.1) is 0 Å². The Hall–Kier alpha value is -0.860. The molecule has 1 saturated heterocycles. The van der Waals surface area contributed by atoms with Crippen molar-refractivity contribution in [3.63, 3.8) is 0 Å². The van der Waals surface area contributed by atoms with E-state index in [9.17, 15) is 0 Å². The van der Waals surface area contributed by atoms with Crippen LogP contribution in [-0.4, -0.2) is 23.5 Å². The van der Waals surface area contributed by atoms with E-state index in [4.69, 9.17) is 5.73 Å². The summed E-state index contributed by atoms with van der Waals surface area (Å²) in [5, 5.41) is 0. The molecular weight excluding hydrogens is 244 g/mol. The molecule has 1 aliphatic rings. The fraction of sp³-hybridized carbons (Fsp3) is 0.667. The van der Waals surface area contributed by atoms with Crippen LogP contribution in [-0.2, 0) is 0 Å². The lowest BCUT2D eigenvalue weighted by Crippen LogP contribution is -2.52. The number of rotatable bonds is 4. The fourth-order valence-electron chi connectivity index (χ4n) is 3.52. The zero-order valence-corrected chi connectivity index (χ0v) is 13.8. The van der Waals surface area contributed by atoms with E-state index in [2.05, 4.69) is 51.7 Å². The lowest BCUT2D eigenvalue weighted by molar-refractivity contribution is 0.0997. The summed E-state index contributed by atoms with van der Waals surface area (Å²) in [7, 11) is 0. The quantitative estimate of drug-likeness (QED) is 0.903. The van der Waals surface area contributed by atoms with Gasteiger partial charge >= 0.3 is 0 Å². The summed E-state index contributed by atoms with van der Waals surface area (Å²) >= 11 is 0. The summed E-state index contributed by atoms with van der Waals surface area (Å²) in [4.78, 5) is 2.60. The first-order valence-electron chi connectivity index (χ1n) is 7.98. The molecule has 1 heterocycles. The topological polar surface area (TPSA) is 29.3 Å². The summed E-state index contributed by atoms with van der Waals surface area (Å²) in [5.74, 6) is 0. The fourth-order valence-corrected chi connectivity index (χ4v) is 3.52. The first-order valence-corrected chi connectivity index (χ1v) is 7.98. The van der Waals surface area contributed by atoms with Gasteiger partial charge in [0.15, 0.2) is 0 Å². The Morgan fingerprint density at radius 1 is 1.10 bits per heavy atom. The van der Waals surface area contributed by atoms with Crippen LogP contribution in [0.1, 0.15) is 61.4 Å². The van der Waals surface area contributed by atoms with Crippen LogP contribution in [0.15, 0.2) is 12.1 Å². The first-order chi connectivity index (χ1) is 9.40. The van der Waals surface area contributed by atoms with E-state index in [0.717, 1.165) is 6.42 Å². The average Bonchev–Trinajstić information content (AvgIpc) is 2.95. The molecule has 0 aromatic heterocycles. The molecule has 1 fully saturated rings. The number of aryl methyl sites for hydroxylation is 3. The summed E-state index contributed by atoms with van der Waals surface area (Å²) in [6, 6.07) is 4.68. The van der Waals surface area contributed by atoms with E-state index in [-0.39, 0.29) is 11.6 Å². The molecule has 0 saturated carbocycles. The molecule has 2 atom stereocenters. The first kappa shape index (κ1) is 15.5. The van der Waals surface area contributed by atoms with Crippen LogP contribution in [0.4, 0.5) is 0 Å². The lowest BCUT2D eigenvalue weighted by atomic mass is 9.81. The standard InChI is InChI=1S/C18H30N2/c1-6-18(5,20-9-7-8-10-20)17(19)16-12-14(3)13(2)11-15(16)4/h11-12,17H,6-10,19H2,1-5H3. The normalized spacial score (nSPS) is 20.9. The van der Waals surface area contributed by atoms with Gasteiger partial charge in [-0.1, -0.05) is 19.1 Å². The Bertz CT molecular complexity index is 475. The molecule has 2 N–H and O–H groups in total. The molecule has 112 valence electrons. The monoisotopic (exact) mass is 274 g/mol. The van der Waals surface area contributed by atoms with Crippen molar-refractivity contribution in [2.75, 3.05) is 13.1 Å². The number of hydrogen-bond donors (Lipinski definition) is 1. The third kappa shape index (κ3) is 2.64. The predicted molar refractivity (Wildman–Crippen MR) is 87.1 cm³/mol. The van der Waals surface area contributed by atoms with Crippen molar-refractivity contribution >= 4 is 0 Å². The predicted octanol–water partition coefficient (Wildman–Crippen LogP) is 3.88. The number of nitrogens with zero attached hydrogens (tertiary/aromatic N) is 1. The van der Waals surface area contributed by atoms with Gasteiger partial charge in [0.05, 0.1) is 0 Å². The number of benzene rings is 1. The van der Waals surface area contributed by atoms with E-state index < -0.39 is 0 Å². The third-order valence-electron chi connectivity index (χ3n) is 5.43. The van der Waals surface area contributed by atoms with E-state index in [1.165, 1.54) is 48.2 Å². The second kappa shape index (κ2) is 5.87. The molecule has 0 aliphatic carbocycles. The minimum absolute atomic E-state index is 0.0724. The molecule has 0 spiro atoms. The van der Waals surface area contributed by atoms with Gasteiger partial charge < -0.3 is 5.73 Å².